The summed E-state index contributed by atoms with van der Waals surface area (Å²) in [7, 11) is -3.42. The van der Waals surface area contributed by atoms with E-state index in [1.807, 2.05) is 0 Å². The van der Waals surface area contributed by atoms with Gasteiger partial charge in [0, 0.05) is 19.0 Å². The Balaban J connectivity index is 0.00000324. The number of pyridine rings is 1. The molecule has 0 saturated heterocycles. The maximum atomic E-state index is 14.8. The third-order valence-electron chi connectivity index (χ3n) is 5.51. The van der Waals surface area contributed by atoms with E-state index in [2.05, 4.69) is 10.3 Å². The first-order valence-electron chi connectivity index (χ1n) is 10.6. The van der Waals surface area contributed by atoms with Gasteiger partial charge in [0.05, 0.1) is 6.04 Å². The van der Waals surface area contributed by atoms with Gasteiger partial charge < -0.3 is 10.1 Å². The number of nitrogens with one attached hydrogen (secondary N) is 1. The van der Waals surface area contributed by atoms with Gasteiger partial charge in [0.2, 0.25) is 5.88 Å². The normalized spacial score (nSPS) is 17.7. The SMILES string of the molecule is CS(=O)(=O)/C=C/[C@@H](NC(=O)c1cc(F)c(C(F)(F)C2CC2)nc1Oc1ccccc1)C1CC1.[HH]. The van der Waals surface area contributed by atoms with E-state index in [-0.39, 0.29) is 31.5 Å². The molecule has 1 aromatic carbocycles. The monoisotopic (exact) mass is 482 g/mol. The molecule has 2 saturated carbocycles. The van der Waals surface area contributed by atoms with Gasteiger partial charge in [0.1, 0.15) is 17.0 Å². The summed E-state index contributed by atoms with van der Waals surface area (Å²) in [6.07, 6.45) is 4.49. The highest BCUT2D eigenvalue weighted by Crippen LogP contribution is 2.50. The summed E-state index contributed by atoms with van der Waals surface area (Å²) in [5.41, 5.74) is -1.41. The Morgan fingerprint density at radius 3 is 2.48 bits per heavy atom. The molecule has 0 aliphatic heterocycles. The Labute approximate surface area is 191 Å². The van der Waals surface area contributed by atoms with Crippen LogP contribution in [0.3, 0.4) is 0 Å². The number of benzene rings is 1. The topological polar surface area (TPSA) is 85.4 Å². The van der Waals surface area contributed by atoms with Crippen LogP contribution in [0.4, 0.5) is 13.2 Å². The molecule has 2 aromatic rings. The van der Waals surface area contributed by atoms with Crippen molar-refractivity contribution in [1.29, 1.82) is 0 Å². The Hall–Kier alpha value is -2.88. The van der Waals surface area contributed by atoms with Crippen LogP contribution in [0, 0.1) is 17.7 Å². The average molecular weight is 483 g/mol. The highest BCUT2D eigenvalue weighted by Gasteiger charge is 2.51. The number of amides is 1. The summed E-state index contributed by atoms with van der Waals surface area (Å²) < 4.78 is 72.6. The number of hydrogen-bond acceptors (Lipinski definition) is 5. The summed E-state index contributed by atoms with van der Waals surface area (Å²) in [6.45, 7) is 0. The fourth-order valence-electron chi connectivity index (χ4n) is 3.42. The van der Waals surface area contributed by atoms with E-state index in [0.29, 0.717) is 6.07 Å². The van der Waals surface area contributed by atoms with E-state index in [0.717, 1.165) is 24.5 Å². The van der Waals surface area contributed by atoms with Crippen molar-refractivity contribution < 1.29 is 32.5 Å². The molecule has 0 bridgehead atoms. The van der Waals surface area contributed by atoms with Crippen LogP contribution in [0.25, 0.3) is 0 Å². The second-order valence-corrected chi connectivity index (χ2v) is 10.4. The molecule has 33 heavy (non-hydrogen) atoms. The smallest absolute Gasteiger partial charge is 0.295 e. The van der Waals surface area contributed by atoms with E-state index in [1.165, 1.54) is 6.08 Å². The molecule has 1 heterocycles. The molecule has 1 amide bonds. The zero-order valence-corrected chi connectivity index (χ0v) is 18.6. The average Bonchev–Trinajstić information content (AvgIpc) is 3.63. The number of alkyl halides is 2. The van der Waals surface area contributed by atoms with Crippen LogP contribution < -0.4 is 10.1 Å². The highest BCUT2D eigenvalue weighted by molar-refractivity contribution is 7.93. The molecule has 6 nitrogen and oxygen atoms in total. The molecule has 0 radical (unpaired) electrons. The van der Waals surface area contributed by atoms with Gasteiger partial charge in [0.15, 0.2) is 15.7 Å². The summed E-state index contributed by atoms with van der Waals surface area (Å²) in [6, 6.07) is 8.21. The minimum atomic E-state index is -3.48. The summed E-state index contributed by atoms with van der Waals surface area (Å²) in [5.74, 6) is -6.76. The minimum absolute atomic E-state index is 0. The number of aromatic nitrogens is 1. The van der Waals surface area contributed by atoms with Gasteiger partial charge in [-0.2, -0.15) is 8.78 Å². The van der Waals surface area contributed by atoms with Gasteiger partial charge in [-0.05, 0) is 49.8 Å². The number of hydrogen-bond donors (Lipinski definition) is 1. The van der Waals surface area contributed by atoms with Crippen molar-refractivity contribution in [3.63, 3.8) is 0 Å². The van der Waals surface area contributed by atoms with Gasteiger partial charge in [-0.25, -0.2) is 17.8 Å². The number of nitrogens with zero attached hydrogens (tertiary/aromatic N) is 1. The molecule has 0 spiro atoms. The number of carbonyl (C=O) groups is 1. The largest absolute Gasteiger partial charge is 0.438 e. The summed E-state index contributed by atoms with van der Waals surface area (Å²) >= 11 is 0. The van der Waals surface area contributed by atoms with Crippen LogP contribution in [-0.2, 0) is 15.8 Å². The number of carbonyl (C=O) groups excluding carboxylic acids is 1. The molecule has 2 fully saturated rings. The highest BCUT2D eigenvalue weighted by atomic mass is 32.2. The lowest BCUT2D eigenvalue weighted by Crippen LogP contribution is -2.35. The molecule has 2 aliphatic rings. The van der Waals surface area contributed by atoms with Crippen molar-refractivity contribution in [3.05, 3.63) is 65.0 Å². The maximum Gasteiger partial charge on any atom is 0.295 e. The summed E-state index contributed by atoms with van der Waals surface area (Å²) in [5, 5.41) is 3.65. The van der Waals surface area contributed by atoms with Crippen LogP contribution >= 0.6 is 0 Å². The van der Waals surface area contributed by atoms with E-state index >= 15 is 0 Å². The van der Waals surface area contributed by atoms with E-state index < -0.39 is 51.0 Å². The molecule has 4 rings (SSSR count). The minimum Gasteiger partial charge on any atom is -0.438 e. The van der Waals surface area contributed by atoms with Crippen molar-refractivity contribution in [3.8, 4) is 11.6 Å². The molecule has 1 N–H and O–H groups in total. The fourth-order valence-corrected chi connectivity index (χ4v) is 3.88. The lowest BCUT2D eigenvalue weighted by molar-refractivity contribution is -0.0367. The van der Waals surface area contributed by atoms with E-state index in [9.17, 15) is 26.4 Å². The molecule has 10 heteroatoms. The lowest BCUT2D eigenvalue weighted by Gasteiger charge is -2.20. The van der Waals surface area contributed by atoms with Crippen LogP contribution in [0.15, 0.2) is 47.9 Å². The van der Waals surface area contributed by atoms with Crippen molar-refractivity contribution in [2.75, 3.05) is 6.26 Å². The van der Waals surface area contributed by atoms with Gasteiger partial charge in [-0.1, -0.05) is 24.3 Å². The van der Waals surface area contributed by atoms with Gasteiger partial charge in [-0.3, -0.25) is 4.79 Å². The first-order chi connectivity index (χ1) is 15.5. The number of para-hydroxylation sites is 1. The molecule has 178 valence electrons. The Morgan fingerprint density at radius 2 is 1.91 bits per heavy atom. The Bertz CT molecular complexity index is 1180. The zero-order chi connectivity index (χ0) is 23.8. The van der Waals surface area contributed by atoms with Crippen LogP contribution in [-0.4, -0.2) is 31.6 Å². The van der Waals surface area contributed by atoms with Gasteiger partial charge >= 0.3 is 0 Å². The predicted molar refractivity (Wildman–Crippen MR) is 117 cm³/mol. The van der Waals surface area contributed by atoms with Crippen molar-refractivity contribution in [2.24, 2.45) is 11.8 Å². The fraction of sp³-hybridized carbons (Fsp3) is 0.391. The zero-order valence-electron chi connectivity index (χ0n) is 17.8. The number of ether oxygens (including phenoxy) is 1. The van der Waals surface area contributed by atoms with Crippen molar-refractivity contribution >= 4 is 15.7 Å². The third kappa shape index (κ3) is 5.73. The molecular formula is C23H25F3N2O4S. The van der Waals surface area contributed by atoms with Gasteiger partial charge in [-0.15, -0.1) is 0 Å². The van der Waals surface area contributed by atoms with Crippen molar-refractivity contribution in [2.45, 2.75) is 37.6 Å². The Morgan fingerprint density at radius 1 is 1.24 bits per heavy atom. The van der Waals surface area contributed by atoms with Crippen molar-refractivity contribution in [1.82, 2.24) is 10.3 Å². The second-order valence-electron chi connectivity index (χ2n) is 8.48. The van der Waals surface area contributed by atoms with E-state index in [1.54, 1.807) is 30.3 Å². The first-order valence-corrected chi connectivity index (χ1v) is 12.5. The summed E-state index contributed by atoms with van der Waals surface area (Å²) in [4.78, 5) is 16.8. The van der Waals surface area contributed by atoms with Crippen LogP contribution in [0.2, 0.25) is 0 Å². The number of rotatable bonds is 9. The molecule has 0 unspecified atom stereocenters. The first kappa shape index (κ1) is 23.3. The maximum absolute atomic E-state index is 14.8. The predicted octanol–water partition coefficient (Wildman–Crippen LogP) is 4.83. The lowest BCUT2D eigenvalue weighted by atomic mass is 10.1. The molecule has 1 aromatic heterocycles. The third-order valence-corrected chi connectivity index (χ3v) is 6.16. The quantitative estimate of drug-likeness (QED) is 0.554. The van der Waals surface area contributed by atoms with E-state index in [4.69, 9.17) is 4.74 Å². The number of sulfone groups is 1. The standard InChI is InChI=1S/C23H23F3N2O4S.H2/c1-33(30,31)12-11-19(14-7-8-14)27-21(29)17-13-18(24)20(23(25,26)15-9-10-15)28-22(17)32-16-5-3-2-4-6-16;/h2-6,11-15,19H,7-10H2,1H3,(H,27,29);1H/b12-11+;/t19-;/m1./s1. The van der Waals surface area contributed by atoms with Gasteiger partial charge in [0.25, 0.3) is 11.8 Å². The van der Waals surface area contributed by atoms with Crippen LogP contribution in [0.5, 0.6) is 11.6 Å². The molecule has 1 atom stereocenters. The second kappa shape index (κ2) is 8.81. The van der Waals surface area contributed by atoms with Crippen LogP contribution in [0.1, 0.15) is 43.2 Å². The Kier molecular flexibility index (Phi) is 6.22. The molecule has 2 aliphatic carbocycles. The number of halogens is 3. The molecular weight excluding hydrogens is 457 g/mol.